The zero-order valence-corrected chi connectivity index (χ0v) is 13.7. The summed E-state index contributed by atoms with van der Waals surface area (Å²) >= 11 is 0. The second-order valence-corrected chi connectivity index (χ2v) is 5.63. The molecule has 23 heavy (non-hydrogen) atoms. The summed E-state index contributed by atoms with van der Waals surface area (Å²) in [5.74, 6) is 2.65. The lowest BCUT2D eigenvalue weighted by atomic mass is 10.3. The minimum absolute atomic E-state index is 0.674. The Labute approximate surface area is 137 Å². The first-order valence-corrected chi connectivity index (χ1v) is 8.00. The van der Waals surface area contributed by atoms with E-state index in [1.807, 2.05) is 37.3 Å². The zero-order valence-electron chi connectivity index (χ0n) is 13.7. The highest BCUT2D eigenvalue weighted by atomic mass is 16.5. The molecule has 1 saturated heterocycles. The van der Waals surface area contributed by atoms with Gasteiger partial charge in [-0.2, -0.15) is 0 Å². The lowest BCUT2D eigenvalue weighted by Gasteiger charge is -2.33. The van der Waals surface area contributed by atoms with Crippen molar-refractivity contribution in [3.8, 4) is 5.75 Å². The van der Waals surface area contributed by atoms with Crippen LogP contribution in [0.4, 0.5) is 17.3 Å². The SMILES string of the molecule is CCOc1ccc(Nc2cc(N3CCN(C)CC3)ncn2)cc1. The molecule has 1 fully saturated rings. The quantitative estimate of drug-likeness (QED) is 0.914. The van der Waals surface area contributed by atoms with Crippen LogP contribution >= 0.6 is 0 Å². The van der Waals surface area contributed by atoms with Gasteiger partial charge in [0.25, 0.3) is 0 Å². The predicted molar refractivity (Wildman–Crippen MR) is 92.6 cm³/mol. The molecule has 6 nitrogen and oxygen atoms in total. The Kier molecular flexibility index (Phi) is 4.92. The molecule has 1 aromatic carbocycles. The van der Waals surface area contributed by atoms with Gasteiger partial charge in [-0.15, -0.1) is 0 Å². The average Bonchev–Trinajstić information content (AvgIpc) is 2.58. The largest absolute Gasteiger partial charge is 0.494 e. The molecule has 1 N–H and O–H groups in total. The van der Waals surface area contributed by atoms with Crippen LogP contribution in [-0.2, 0) is 0 Å². The maximum absolute atomic E-state index is 5.45. The van der Waals surface area contributed by atoms with Gasteiger partial charge in [0, 0.05) is 37.9 Å². The molecule has 2 heterocycles. The van der Waals surface area contributed by atoms with Crippen LogP contribution in [0.3, 0.4) is 0 Å². The molecular formula is C17H23N5O. The number of hydrogen-bond acceptors (Lipinski definition) is 6. The molecule has 0 radical (unpaired) electrons. The van der Waals surface area contributed by atoms with Crippen LogP contribution in [0.25, 0.3) is 0 Å². The Morgan fingerprint density at radius 2 is 1.83 bits per heavy atom. The van der Waals surface area contributed by atoms with Crippen LogP contribution in [0, 0.1) is 0 Å². The van der Waals surface area contributed by atoms with Gasteiger partial charge in [0.2, 0.25) is 0 Å². The van der Waals surface area contributed by atoms with Crippen molar-refractivity contribution in [2.75, 3.05) is 50.1 Å². The fourth-order valence-corrected chi connectivity index (χ4v) is 2.57. The summed E-state index contributed by atoms with van der Waals surface area (Å²) in [6, 6.07) is 9.88. The highest BCUT2D eigenvalue weighted by Gasteiger charge is 2.15. The molecule has 1 aliphatic rings. The van der Waals surface area contributed by atoms with Crippen molar-refractivity contribution in [1.82, 2.24) is 14.9 Å². The predicted octanol–water partition coefficient (Wildman–Crippen LogP) is 2.37. The number of piperazine rings is 1. The molecule has 1 aliphatic heterocycles. The number of rotatable bonds is 5. The van der Waals surface area contributed by atoms with Crippen molar-refractivity contribution in [1.29, 1.82) is 0 Å². The summed E-state index contributed by atoms with van der Waals surface area (Å²) < 4.78 is 5.45. The lowest BCUT2D eigenvalue weighted by molar-refractivity contribution is 0.312. The molecule has 0 atom stereocenters. The van der Waals surface area contributed by atoms with E-state index in [9.17, 15) is 0 Å². The molecule has 3 rings (SSSR count). The standard InChI is InChI=1S/C17H23N5O/c1-3-23-15-6-4-14(5-7-15)20-16-12-17(19-13-18-16)22-10-8-21(2)9-11-22/h4-7,12-13H,3,8-11H2,1-2H3,(H,18,19,20). The van der Waals surface area contributed by atoms with Crippen LogP contribution in [0.15, 0.2) is 36.7 Å². The fourth-order valence-electron chi connectivity index (χ4n) is 2.57. The van der Waals surface area contributed by atoms with Crippen LogP contribution < -0.4 is 15.0 Å². The van der Waals surface area contributed by atoms with Gasteiger partial charge >= 0.3 is 0 Å². The van der Waals surface area contributed by atoms with Gasteiger partial charge in [-0.3, -0.25) is 0 Å². The lowest BCUT2D eigenvalue weighted by Crippen LogP contribution is -2.44. The van der Waals surface area contributed by atoms with Crippen molar-refractivity contribution in [2.45, 2.75) is 6.92 Å². The summed E-state index contributed by atoms with van der Waals surface area (Å²) in [6.07, 6.45) is 1.62. The minimum atomic E-state index is 0.674. The average molecular weight is 313 g/mol. The number of likely N-dealkylation sites (N-methyl/N-ethyl adjacent to an activating group) is 1. The van der Waals surface area contributed by atoms with Crippen molar-refractivity contribution in [2.24, 2.45) is 0 Å². The Morgan fingerprint density at radius 1 is 1.09 bits per heavy atom. The van der Waals surface area contributed by atoms with E-state index in [1.54, 1.807) is 6.33 Å². The molecule has 6 heteroatoms. The van der Waals surface area contributed by atoms with Gasteiger partial charge in [0.1, 0.15) is 23.7 Å². The number of nitrogens with one attached hydrogen (secondary N) is 1. The normalized spacial score (nSPS) is 15.5. The van der Waals surface area contributed by atoms with Crippen LogP contribution in [-0.4, -0.2) is 54.7 Å². The number of ether oxygens (including phenoxy) is 1. The molecule has 122 valence electrons. The molecule has 0 aliphatic carbocycles. The Morgan fingerprint density at radius 3 is 2.52 bits per heavy atom. The molecular weight excluding hydrogens is 290 g/mol. The molecule has 0 spiro atoms. The van der Waals surface area contributed by atoms with Gasteiger partial charge in [-0.05, 0) is 38.2 Å². The first kappa shape index (κ1) is 15.6. The van der Waals surface area contributed by atoms with E-state index in [4.69, 9.17) is 4.74 Å². The first-order chi connectivity index (χ1) is 11.2. The number of aromatic nitrogens is 2. The van der Waals surface area contributed by atoms with Gasteiger partial charge in [-0.25, -0.2) is 9.97 Å². The number of hydrogen-bond donors (Lipinski definition) is 1. The van der Waals surface area contributed by atoms with Crippen LogP contribution in [0.5, 0.6) is 5.75 Å². The molecule has 0 bridgehead atoms. The Balaban J connectivity index is 1.67. The first-order valence-electron chi connectivity index (χ1n) is 8.00. The topological polar surface area (TPSA) is 53.5 Å². The minimum Gasteiger partial charge on any atom is -0.494 e. The van der Waals surface area contributed by atoms with E-state index in [2.05, 4.69) is 32.1 Å². The molecule has 0 amide bonds. The smallest absolute Gasteiger partial charge is 0.135 e. The van der Waals surface area contributed by atoms with E-state index < -0.39 is 0 Å². The summed E-state index contributed by atoms with van der Waals surface area (Å²) in [7, 11) is 2.15. The highest BCUT2D eigenvalue weighted by molar-refractivity contribution is 5.60. The second kappa shape index (κ2) is 7.28. The molecule has 0 unspecified atom stereocenters. The van der Waals surface area contributed by atoms with Crippen LogP contribution in [0.1, 0.15) is 6.92 Å². The van der Waals surface area contributed by atoms with Crippen molar-refractivity contribution in [3.05, 3.63) is 36.7 Å². The van der Waals surface area contributed by atoms with E-state index >= 15 is 0 Å². The highest BCUT2D eigenvalue weighted by Crippen LogP contribution is 2.21. The number of anilines is 3. The maximum atomic E-state index is 5.45. The number of benzene rings is 1. The molecule has 1 aromatic heterocycles. The van der Waals surface area contributed by atoms with E-state index in [1.165, 1.54) is 0 Å². The summed E-state index contributed by atoms with van der Waals surface area (Å²) in [4.78, 5) is 13.3. The molecule has 0 saturated carbocycles. The van der Waals surface area contributed by atoms with Crippen molar-refractivity contribution < 1.29 is 4.74 Å². The van der Waals surface area contributed by atoms with Crippen molar-refractivity contribution >= 4 is 17.3 Å². The van der Waals surface area contributed by atoms with E-state index in [0.29, 0.717) is 6.61 Å². The zero-order chi connectivity index (χ0) is 16.1. The van der Waals surface area contributed by atoms with Gasteiger partial charge < -0.3 is 19.9 Å². The third-order valence-corrected chi connectivity index (χ3v) is 3.92. The monoisotopic (exact) mass is 313 g/mol. The van der Waals surface area contributed by atoms with Gasteiger partial charge in [0.05, 0.1) is 6.61 Å². The third kappa shape index (κ3) is 4.10. The summed E-state index contributed by atoms with van der Waals surface area (Å²) in [5.41, 5.74) is 0.983. The molecule has 2 aromatic rings. The summed E-state index contributed by atoms with van der Waals surface area (Å²) in [6.45, 7) is 6.77. The number of nitrogens with zero attached hydrogens (tertiary/aromatic N) is 4. The van der Waals surface area contributed by atoms with Crippen molar-refractivity contribution in [3.63, 3.8) is 0 Å². The summed E-state index contributed by atoms with van der Waals surface area (Å²) in [5, 5.41) is 3.32. The maximum Gasteiger partial charge on any atom is 0.135 e. The Bertz CT molecular complexity index is 623. The van der Waals surface area contributed by atoms with E-state index in [-0.39, 0.29) is 0 Å². The van der Waals surface area contributed by atoms with Gasteiger partial charge in [-0.1, -0.05) is 0 Å². The Hall–Kier alpha value is -2.34. The third-order valence-electron chi connectivity index (χ3n) is 3.92. The van der Waals surface area contributed by atoms with E-state index in [0.717, 1.165) is 49.3 Å². The van der Waals surface area contributed by atoms with Gasteiger partial charge in [0.15, 0.2) is 0 Å². The fraction of sp³-hybridized carbons (Fsp3) is 0.412. The second-order valence-electron chi connectivity index (χ2n) is 5.63. The van der Waals surface area contributed by atoms with Crippen LogP contribution in [0.2, 0.25) is 0 Å².